The summed E-state index contributed by atoms with van der Waals surface area (Å²) >= 11 is 6.15. The Morgan fingerprint density at radius 3 is 2.44 bits per heavy atom. The normalized spacial score (nSPS) is 13.1. The summed E-state index contributed by atoms with van der Waals surface area (Å²) in [7, 11) is 1.79. The van der Waals surface area contributed by atoms with E-state index >= 15 is 0 Å². The Labute approximate surface area is 159 Å². The summed E-state index contributed by atoms with van der Waals surface area (Å²) < 4.78 is 10.7. The predicted molar refractivity (Wildman–Crippen MR) is 96.7 cm³/mol. The predicted octanol–water partition coefficient (Wildman–Crippen LogP) is 3.65. The number of nitrogens with zero attached hydrogens (tertiary/aromatic N) is 3. The summed E-state index contributed by atoms with van der Waals surface area (Å²) in [6, 6.07) is 7.16. The van der Waals surface area contributed by atoms with Crippen LogP contribution in [0.5, 0.6) is 5.75 Å². The summed E-state index contributed by atoms with van der Waals surface area (Å²) in [5, 5.41) is 22.6. The molecule has 3 rings (SSSR count). The topological polar surface area (TPSA) is 108 Å². The first-order valence-electron chi connectivity index (χ1n) is 7.97. The molecule has 0 fully saturated rings. The molecule has 0 bridgehead atoms. The van der Waals surface area contributed by atoms with E-state index in [9.17, 15) is 20.2 Å². The zero-order valence-electron chi connectivity index (χ0n) is 14.4. The van der Waals surface area contributed by atoms with Crippen LogP contribution >= 0.6 is 11.6 Å². The number of halogens is 1. The Morgan fingerprint density at radius 1 is 1.07 bits per heavy atom. The van der Waals surface area contributed by atoms with E-state index in [0.717, 1.165) is 0 Å². The van der Waals surface area contributed by atoms with Crippen LogP contribution in [0.1, 0.15) is 16.7 Å². The summed E-state index contributed by atoms with van der Waals surface area (Å²) in [6.07, 6.45) is 0. The van der Waals surface area contributed by atoms with Crippen molar-refractivity contribution in [1.82, 2.24) is 4.90 Å². The third-order valence-electron chi connectivity index (χ3n) is 4.10. The molecule has 2 aromatic rings. The number of rotatable bonds is 6. The van der Waals surface area contributed by atoms with Gasteiger partial charge in [0.15, 0.2) is 6.79 Å². The van der Waals surface area contributed by atoms with Crippen molar-refractivity contribution >= 4 is 23.0 Å². The maximum atomic E-state index is 11.2. The average Bonchev–Trinajstić information content (AvgIpc) is 2.63. The van der Waals surface area contributed by atoms with Crippen molar-refractivity contribution in [3.05, 3.63) is 72.3 Å². The fourth-order valence-corrected chi connectivity index (χ4v) is 3.11. The quantitative estimate of drug-likeness (QED) is 0.544. The van der Waals surface area contributed by atoms with Crippen LogP contribution in [0.4, 0.5) is 11.4 Å². The molecule has 0 amide bonds. The minimum Gasteiger partial charge on any atom is -0.467 e. The van der Waals surface area contributed by atoms with Crippen LogP contribution in [-0.4, -0.2) is 28.6 Å². The van der Waals surface area contributed by atoms with Gasteiger partial charge in [-0.05, 0) is 18.7 Å². The molecule has 0 saturated heterocycles. The second-order valence-corrected chi connectivity index (χ2v) is 6.57. The molecule has 27 heavy (non-hydrogen) atoms. The highest BCUT2D eigenvalue weighted by Gasteiger charge is 2.22. The van der Waals surface area contributed by atoms with E-state index in [1.807, 2.05) is 4.90 Å². The highest BCUT2D eigenvalue weighted by atomic mass is 35.5. The van der Waals surface area contributed by atoms with Crippen LogP contribution in [-0.2, 0) is 24.4 Å². The van der Waals surface area contributed by atoms with E-state index < -0.39 is 9.85 Å². The molecule has 142 valence electrons. The third-order valence-corrected chi connectivity index (χ3v) is 4.47. The van der Waals surface area contributed by atoms with Gasteiger partial charge in [-0.2, -0.15) is 0 Å². The van der Waals surface area contributed by atoms with E-state index in [1.165, 1.54) is 30.3 Å². The molecule has 0 aromatic heterocycles. The lowest BCUT2D eigenvalue weighted by atomic mass is 10.1. The maximum absolute atomic E-state index is 11.2. The molecule has 10 heteroatoms. The number of ether oxygens (including phenoxy) is 2. The molecule has 0 radical (unpaired) electrons. The van der Waals surface area contributed by atoms with Gasteiger partial charge in [-0.1, -0.05) is 11.6 Å². The number of fused-ring (bicyclic) bond motifs is 1. The first kappa shape index (κ1) is 19.0. The molecule has 2 aromatic carbocycles. The van der Waals surface area contributed by atoms with Gasteiger partial charge in [0.25, 0.3) is 11.4 Å². The molecule has 0 atom stereocenters. The van der Waals surface area contributed by atoms with Gasteiger partial charge < -0.3 is 9.47 Å². The van der Waals surface area contributed by atoms with Crippen molar-refractivity contribution < 1.29 is 19.3 Å². The number of benzene rings is 2. The molecule has 0 saturated carbocycles. The first-order chi connectivity index (χ1) is 12.8. The molecule has 1 aliphatic rings. The van der Waals surface area contributed by atoms with E-state index in [1.54, 1.807) is 7.05 Å². The maximum Gasteiger partial charge on any atom is 0.270 e. The standard InChI is InChI=1S/C17H16ClN3O6/c1-19(7-11-4-14(20(22)23)2-3-16(11)18)8-12-5-15(21(24)25)6-13-9-26-10-27-17(12)13/h2-6H,7-10H2,1H3. The van der Waals surface area contributed by atoms with Gasteiger partial charge in [-0.25, -0.2) is 0 Å². The molecular formula is C17H16ClN3O6. The Hall–Kier alpha value is -2.75. The smallest absolute Gasteiger partial charge is 0.270 e. The van der Waals surface area contributed by atoms with Crippen LogP contribution in [0, 0.1) is 20.2 Å². The summed E-state index contributed by atoms with van der Waals surface area (Å²) in [6.45, 7) is 0.986. The second-order valence-electron chi connectivity index (χ2n) is 6.17. The monoisotopic (exact) mass is 393 g/mol. The molecular weight excluding hydrogens is 378 g/mol. The average molecular weight is 394 g/mol. The Morgan fingerprint density at radius 2 is 1.74 bits per heavy atom. The fourth-order valence-electron chi connectivity index (χ4n) is 2.94. The van der Waals surface area contributed by atoms with E-state index in [2.05, 4.69) is 0 Å². The first-order valence-corrected chi connectivity index (χ1v) is 8.35. The van der Waals surface area contributed by atoms with E-state index in [4.69, 9.17) is 21.1 Å². The molecule has 1 heterocycles. The van der Waals surface area contributed by atoms with Gasteiger partial charge in [-0.3, -0.25) is 25.1 Å². The van der Waals surface area contributed by atoms with Crippen molar-refractivity contribution in [2.24, 2.45) is 0 Å². The molecule has 0 unspecified atom stereocenters. The largest absolute Gasteiger partial charge is 0.467 e. The van der Waals surface area contributed by atoms with Crippen molar-refractivity contribution in [2.45, 2.75) is 19.7 Å². The highest BCUT2D eigenvalue weighted by molar-refractivity contribution is 6.31. The van der Waals surface area contributed by atoms with Gasteiger partial charge in [0, 0.05) is 53.5 Å². The molecule has 1 aliphatic heterocycles. The Bertz CT molecular complexity index is 904. The Kier molecular flexibility index (Phi) is 5.54. The summed E-state index contributed by atoms with van der Waals surface area (Å²) in [5.74, 6) is 0.573. The Balaban J connectivity index is 1.85. The zero-order chi connectivity index (χ0) is 19.6. The second kappa shape index (κ2) is 7.87. The van der Waals surface area contributed by atoms with Gasteiger partial charge in [-0.15, -0.1) is 0 Å². The third kappa shape index (κ3) is 4.33. The van der Waals surface area contributed by atoms with Crippen molar-refractivity contribution in [3.63, 3.8) is 0 Å². The molecule has 0 aliphatic carbocycles. The number of nitro groups is 2. The molecule has 9 nitrogen and oxygen atoms in total. The van der Waals surface area contributed by atoms with Crippen molar-refractivity contribution in [2.75, 3.05) is 13.8 Å². The fraction of sp³-hybridized carbons (Fsp3) is 0.294. The highest BCUT2D eigenvalue weighted by Crippen LogP contribution is 2.33. The van der Waals surface area contributed by atoms with Crippen LogP contribution < -0.4 is 4.74 Å². The lowest BCUT2D eigenvalue weighted by Gasteiger charge is -2.23. The lowest BCUT2D eigenvalue weighted by Crippen LogP contribution is -2.20. The number of hydrogen-bond donors (Lipinski definition) is 0. The van der Waals surface area contributed by atoms with E-state index in [0.29, 0.717) is 40.6 Å². The molecule has 0 N–H and O–H groups in total. The van der Waals surface area contributed by atoms with Gasteiger partial charge in [0.1, 0.15) is 5.75 Å². The SMILES string of the molecule is CN(Cc1cc([N+](=O)[O-])ccc1Cl)Cc1cc([N+](=O)[O-])cc2c1OCOC2. The van der Waals surface area contributed by atoms with E-state index in [-0.39, 0.29) is 24.8 Å². The summed E-state index contributed by atoms with van der Waals surface area (Å²) in [5.41, 5.74) is 1.77. The molecule has 0 spiro atoms. The number of hydrogen-bond acceptors (Lipinski definition) is 7. The van der Waals surface area contributed by atoms with Crippen LogP contribution in [0.3, 0.4) is 0 Å². The van der Waals surface area contributed by atoms with Crippen LogP contribution in [0.25, 0.3) is 0 Å². The lowest BCUT2D eigenvalue weighted by molar-refractivity contribution is -0.385. The van der Waals surface area contributed by atoms with Gasteiger partial charge in [0.05, 0.1) is 16.5 Å². The van der Waals surface area contributed by atoms with Crippen LogP contribution in [0.15, 0.2) is 30.3 Å². The van der Waals surface area contributed by atoms with Crippen molar-refractivity contribution in [1.29, 1.82) is 0 Å². The van der Waals surface area contributed by atoms with Gasteiger partial charge >= 0.3 is 0 Å². The van der Waals surface area contributed by atoms with Crippen LogP contribution in [0.2, 0.25) is 5.02 Å². The van der Waals surface area contributed by atoms with Crippen molar-refractivity contribution in [3.8, 4) is 5.75 Å². The number of nitro benzene ring substituents is 2. The van der Waals surface area contributed by atoms with Gasteiger partial charge in [0.2, 0.25) is 0 Å². The number of non-ortho nitro benzene ring substituents is 2. The minimum atomic E-state index is -0.482. The minimum absolute atomic E-state index is 0.0420. The zero-order valence-corrected chi connectivity index (χ0v) is 15.1. The summed E-state index contributed by atoms with van der Waals surface area (Å²) in [4.78, 5) is 23.1.